The molecule has 0 radical (unpaired) electrons. The van der Waals surface area contributed by atoms with Crippen molar-refractivity contribution in [2.75, 3.05) is 35.8 Å². The summed E-state index contributed by atoms with van der Waals surface area (Å²) in [7, 11) is -3.98. The van der Waals surface area contributed by atoms with Crippen LogP contribution in [0.25, 0.3) is 0 Å². The number of hydrogen-bond donors (Lipinski definition) is 2. The lowest BCUT2D eigenvalue weighted by atomic mass is 10.3. The number of rotatable bonds is 6. The van der Waals surface area contributed by atoms with Gasteiger partial charge in [-0.3, -0.25) is 14.7 Å². The Balaban J connectivity index is 1.37. The molecule has 0 unspecified atom stereocenters. The molecule has 0 saturated carbocycles. The van der Waals surface area contributed by atoms with Crippen molar-refractivity contribution in [3.63, 3.8) is 0 Å². The first-order valence-electron chi connectivity index (χ1n) is 9.59. The SMILES string of the molecule is Cc1nc(CN2CCN(c3ccc(S(=O)(=O)Nc4ccc(F)c(F)c4)cn3)CC2)n[nH]1. The number of H-pyrrole nitrogens is 1. The Morgan fingerprint density at radius 3 is 2.48 bits per heavy atom. The van der Waals surface area contributed by atoms with E-state index in [-0.39, 0.29) is 10.6 Å². The third-order valence-electron chi connectivity index (χ3n) is 4.91. The standard InChI is InChI=1S/C19H21F2N7O2S/c1-13-23-18(25-24-13)12-27-6-8-28(9-7-27)19-5-3-15(11-22-19)31(29,30)26-14-2-4-16(20)17(21)10-14/h2-5,10-11,26H,6-9,12H2,1H3,(H,23,24,25). The van der Waals surface area contributed by atoms with E-state index in [1.54, 1.807) is 6.07 Å². The minimum Gasteiger partial charge on any atom is -0.354 e. The summed E-state index contributed by atoms with van der Waals surface area (Å²) in [6.07, 6.45) is 1.25. The molecule has 12 heteroatoms. The number of benzene rings is 1. The summed E-state index contributed by atoms with van der Waals surface area (Å²) in [4.78, 5) is 12.8. The van der Waals surface area contributed by atoms with Gasteiger partial charge in [-0.05, 0) is 31.2 Å². The predicted octanol–water partition coefficient (Wildman–Crippen LogP) is 1.91. The number of aromatic nitrogens is 4. The molecule has 3 aromatic rings. The molecule has 3 heterocycles. The number of halogens is 2. The van der Waals surface area contributed by atoms with E-state index in [1.807, 2.05) is 6.92 Å². The molecule has 31 heavy (non-hydrogen) atoms. The van der Waals surface area contributed by atoms with E-state index < -0.39 is 21.7 Å². The van der Waals surface area contributed by atoms with Gasteiger partial charge in [0.15, 0.2) is 17.5 Å². The maximum absolute atomic E-state index is 13.3. The van der Waals surface area contributed by atoms with Gasteiger partial charge in [0.25, 0.3) is 10.0 Å². The van der Waals surface area contributed by atoms with Gasteiger partial charge in [-0.2, -0.15) is 5.10 Å². The van der Waals surface area contributed by atoms with Crippen LogP contribution in [0.4, 0.5) is 20.3 Å². The van der Waals surface area contributed by atoms with Crippen LogP contribution in [0.15, 0.2) is 41.4 Å². The molecule has 1 aliphatic heterocycles. The lowest BCUT2D eigenvalue weighted by Gasteiger charge is -2.34. The fourth-order valence-corrected chi connectivity index (χ4v) is 4.28. The summed E-state index contributed by atoms with van der Waals surface area (Å²) in [6.45, 7) is 5.58. The Kier molecular flexibility index (Phi) is 5.83. The number of hydrogen-bond acceptors (Lipinski definition) is 7. The van der Waals surface area contributed by atoms with Crippen molar-refractivity contribution in [3.8, 4) is 0 Å². The van der Waals surface area contributed by atoms with Crippen LogP contribution >= 0.6 is 0 Å². The summed E-state index contributed by atoms with van der Waals surface area (Å²) in [5, 5.41) is 6.99. The quantitative estimate of drug-likeness (QED) is 0.592. The number of pyridine rings is 1. The Morgan fingerprint density at radius 1 is 1.10 bits per heavy atom. The lowest BCUT2D eigenvalue weighted by Crippen LogP contribution is -2.46. The molecule has 1 saturated heterocycles. The molecule has 2 aromatic heterocycles. The first kappa shape index (κ1) is 21.1. The molecular weight excluding hydrogens is 428 g/mol. The molecule has 0 amide bonds. The number of nitrogens with zero attached hydrogens (tertiary/aromatic N) is 5. The molecule has 4 rings (SSSR count). The Morgan fingerprint density at radius 2 is 1.87 bits per heavy atom. The second-order valence-corrected chi connectivity index (χ2v) is 8.87. The van der Waals surface area contributed by atoms with E-state index in [0.717, 1.165) is 56.0 Å². The number of piperazine rings is 1. The highest BCUT2D eigenvalue weighted by molar-refractivity contribution is 7.92. The molecule has 1 aromatic carbocycles. The van der Waals surface area contributed by atoms with Crippen LogP contribution in [0.3, 0.4) is 0 Å². The highest BCUT2D eigenvalue weighted by atomic mass is 32.2. The molecule has 9 nitrogen and oxygen atoms in total. The highest BCUT2D eigenvalue weighted by Gasteiger charge is 2.21. The van der Waals surface area contributed by atoms with E-state index >= 15 is 0 Å². The molecule has 164 valence electrons. The zero-order valence-electron chi connectivity index (χ0n) is 16.7. The largest absolute Gasteiger partial charge is 0.354 e. The van der Waals surface area contributed by atoms with Gasteiger partial charge in [0.2, 0.25) is 0 Å². The second-order valence-electron chi connectivity index (χ2n) is 7.19. The number of nitrogens with one attached hydrogen (secondary N) is 2. The summed E-state index contributed by atoms with van der Waals surface area (Å²) in [6, 6.07) is 5.87. The minimum absolute atomic E-state index is 0.0688. The molecular formula is C19H21F2N7O2S. The molecule has 1 fully saturated rings. The molecule has 0 aliphatic carbocycles. The highest BCUT2D eigenvalue weighted by Crippen LogP contribution is 2.20. The zero-order valence-corrected chi connectivity index (χ0v) is 17.5. The van der Waals surface area contributed by atoms with Gasteiger partial charge in [0.1, 0.15) is 16.5 Å². The molecule has 0 atom stereocenters. The zero-order chi connectivity index (χ0) is 22.0. The van der Waals surface area contributed by atoms with Crippen LogP contribution in [-0.4, -0.2) is 59.7 Å². The van der Waals surface area contributed by atoms with E-state index in [9.17, 15) is 17.2 Å². The van der Waals surface area contributed by atoms with Crippen LogP contribution in [0.5, 0.6) is 0 Å². The van der Waals surface area contributed by atoms with E-state index in [2.05, 4.69) is 34.7 Å². The second kappa shape index (κ2) is 8.55. The maximum atomic E-state index is 13.3. The predicted molar refractivity (Wildman–Crippen MR) is 110 cm³/mol. The Bertz CT molecular complexity index is 1160. The van der Waals surface area contributed by atoms with Crippen molar-refractivity contribution in [1.29, 1.82) is 0 Å². The fraction of sp³-hybridized carbons (Fsp3) is 0.316. The average Bonchev–Trinajstić information content (AvgIpc) is 3.16. The third kappa shape index (κ3) is 4.97. The van der Waals surface area contributed by atoms with Crippen molar-refractivity contribution < 1.29 is 17.2 Å². The molecule has 0 bridgehead atoms. The van der Waals surface area contributed by atoms with Crippen molar-refractivity contribution in [3.05, 3.63) is 59.8 Å². The summed E-state index contributed by atoms with van der Waals surface area (Å²) in [5.74, 6) is 0.0232. The van der Waals surface area contributed by atoms with Crippen LogP contribution in [0.1, 0.15) is 11.6 Å². The number of aryl methyl sites for hydroxylation is 1. The summed E-state index contributed by atoms with van der Waals surface area (Å²) >= 11 is 0. The number of sulfonamides is 1. The van der Waals surface area contributed by atoms with E-state index in [1.165, 1.54) is 12.3 Å². The van der Waals surface area contributed by atoms with Gasteiger partial charge in [-0.25, -0.2) is 27.2 Å². The number of aromatic amines is 1. The maximum Gasteiger partial charge on any atom is 0.263 e. The third-order valence-corrected chi connectivity index (χ3v) is 6.27. The van der Waals surface area contributed by atoms with E-state index in [0.29, 0.717) is 12.4 Å². The van der Waals surface area contributed by atoms with Gasteiger partial charge >= 0.3 is 0 Å². The topological polar surface area (TPSA) is 107 Å². The Hall–Kier alpha value is -3.12. The van der Waals surface area contributed by atoms with Crippen molar-refractivity contribution in [2.45, 2.75) is 18.4 Å². The average molecular weight is 449 g/mol. The van der Waals surface area contributed by atoms with Gasteiger partial charge in [-0.15, -0.1) is 0 Å². The normalized spacial score (nSPS) is 15.3. The van der Waals surface area contributed by atoms with Crippen molar-refractivity contribution >= 4 is 21.5 Å². The number of anilines is 2. The van der Waals surface area contributed by atoms with Gasteiger partial charge < -0.3 is 4.90 Å². The van der Waals surface area contributed by atoms with E-state index in [4.69, 9.17) is 0 Å². The van der Waals surface area contributed by atoms with Crippen LogP contribution < -0.4 is 9.62 Å². The first-order valence-corrected chi connectivity index (χ1v) is 11.1. The van der Waals surface area contributed by atoms with Crippen molar-refractivity contribution in [1.82, 2.24) is 25.1 Å². The molecule has 1 aliphatic rings. The van der Waals surface area contributed by atoms with Crippen LogP contribution in [0.2, 0.25) is 0 Å². The van der Waals surface area contributed by atoms with Crippen molar-refractivity contribution in [2.24, 2.45) is 0 Å². The van der Waals surface area contributed by atoms with Crippen LogP contribution in [0, 0.1) is 18.6 Å². The van der Waals surface area contributed by atoms with Crippen LogP contribution in [-0.2, 0) is 16.6 Å². The molecule has 2 N–H and O–H groups in total. The van der Waals surface area contributed by atoms with Gasteiger partial charge in [0.05, 0.1) is 12.2 Å². The smallest absolute Gasteiger partial charge is 0.263 e. The minimum atomic E-state index is -3.98. The van der Waals surface area contributed by atoms with Gasteiger partial charge in [-0.1, -0.05) is 0 Å². The Labute approximate surface area is 178 Å². The van der Waals surface area contributed by atoms with Gasteiger partial charge in [0, 0.05) is 38.4 Å². The summed E-state index contributed by atoms with van der Waals surface area (Å²) < 4.78 is 53.6. The fourth-order valence-electron chi connectivity index (χ4n) is 3.29. The lowest BCUT2D eigenvalue weighted by molar-refractivity contribution is 0.243. The summed E-state index contributed by atoms with van der Waals surface area (Å²) in [5.41, 5.74) is -0.0688. The first-order chi connectivity index (χ1) is 14.8. The molecule has 0 spiro atoms. The monoisotopic (exact) mass is 449 g/mol.